The van der Waals surface area contributed by atoms with Gasteiger partial charge in [-0.1, -0.05) is 52.3 Å². The molecular weight excluding hydrogens is 326 g/mol. The van der Waals surface area contributed by atoms with Crippen LogP contribution in [0, 0.1) is 6.92 Å². The van der Waals surface area contributed by atoms with Crippen LogP contribution in [0.4, 0.5) is 0 Å². The fourth-order valence-corrected chi connectivity index (χ4v) is 2.97. The van der Waals surface area contributed by atoms with Crippen LogP contribution in [-0.4, -0.2) is 10.1 Å². The smallest absolute Gasteiger partial charge is 0.100 e. The Morgan fingerprint density at radius 1 is 1.10 bits per heavy atom. The zero-order valence-corrected chi connectivity index (χ0v) is 13.3. The molecule has 1 atom stereocenters. The third-order valence-electron chi connectivity index (χ3n) is 3.66. The first-order chi connectivity index (χ1) is 10.1. The summed E-state index contributed by atoms with van der Waals surface area (Å²) in [6.07, 6.45) is -0.0568. The summed E-state index contributed by atoms with van der Waals surface area (Å²) in [5.41, 5.74) is 3.88. The molecule has 0 fully saturated rings. The Hall–Kier alpha value is -1.71. The highest BCUT2D eigenvalue weighted by molar-refractivity contribution is 9.10. The van der Waals surface area contributed by atoms with Gasteiger partial charge in [-0.3, -0.25) is 4.98 Å². The van der Waals surface area contributed by atoms with Gasteiger partial charge in [0.05, 0.1) is 11.2 Å². The van der Waals surface area contributed by atoms with Crippen molar-refractivity contribution >= 4 is 26.8 Å². The normalized spacial score (nSPS) is 12.5. The summed E-state index contributed by atoms with van der Waals surface area (Å²) in [6.45, 7) is 2.05. The molecule has 0 bridgehead atoms. The van der Waals surface area contributed by atoms with E-state index in [1.165, 1.54) is 0 Å². The van der Waals surface area contributed by atoms with E-state index in [1.807, 2.05) is 48.5 Å². The number of pyridine rings is 1. The van der Waals surface area contributed by atoms with Crippen molar-refractivity contribution < 1.29 is 5.11 Å². The number of halogens is 1. The molecule has 0 saturated carbocycles. The van der Waals surface area contributed by atoms with E-state index in [9.17, 15) is 5.11 Å². The minimum atomic E-state index is -0.605. The van der Waals surface area contributed by atoms with Crippen LogP contribution in [0.3, 0.4) is 0 Å². The van der Waals surface area contributed by atoms with Gasteiger partial charge in [-0.05, 0) is 36.2 Å². The fourth-order valence-electron chi connectivity index (χ4n) is 2.52. The molecule has 0 amide bonds. The molecule has 3 aromatic rings. The fraction of sp³-hybridized carbons (Fsp3) is 0.167. The number of aliphatic hydroxyl groups is 1. The molecule has 3 heteroatoms. The number of fused-ring (bicyclic) bond motifs is 1. The second-order valence-electron chi connectivity index (χ2n) is 5.19. The van der Waals surface area contributed by atoms with Crippen molar-refractivity contribution in [2.75, 3.05) is 0 Å². The molecule has 0 aliphatic heterocycles. The number of hydrogen-bond acceptors (Lipinski definition) is 2. The van der Waals surface area contributed by atoms with E-state index >= 15 is 0 Å². The Labute approximate surface area is 132 Å². The Kier molecular flexibility index (Phi) is 4.04. The van der Waals surface area contributed by atoms with E-state index in [4.69, 9.17) is 0 Å². The van der Waals surface area contributed by atoms with Gasteiger partial charge in [0.1, 0.15) is 6.10 Å². The molecule has 2 aromatic carbocycles. The van der Waals surface area contributed by atoms with Gasteiger partial charge in [0, 0.05) is 16.3 Å². The van der Waals surface area contributed by atoms with Gasteiger partial charge in [0.15, 0.2) is 0 Å². The Morgan fingerprint density at radius 3 is 2.62 bits per heavy atom. The average Bonchev–Trinajstić information content (AvgIpc) is 2.49. The van der Waals surface area contributed by atoms with Gasteiger partial charge in [-0.2, -0.15) is 0 Å². The first-order valence-electron chi connectivity index (χ1n) is 6.93. The molecule has 0 aliphatic carbocycles. The van der Waals surface area contributed by atoms with Crippen LogP contribution in [0.5, 0.6) is 0 Å². The van der Waals surface area contributed by atoms with Crippen molar-refractivity contribution in [1.82, 2.24) is 4.98 Å². The molecule has 0 aliphatic rings. The van der Waals surface area contributed by atoms with Crippen molar-refractivity contribution in [3.05, 3.63) is 75.9 Å². The molecule has 1 N–H and O–H groups in total. The number of nitrogens with zero attached hydrogens (tertiary/aromatic N) is 1. The van der Waals surface area contributed by atoms with Gasteiger partial charge in [-0.15, -0.1) is 0 Å². The lowest BCUT2D eigenvalue weighted by atomic mass is 10.0. The van der Waals surface area contributed by atoms with Gasteiger partial charge in [-0.25, -0.2) is 0 Å². The van der Waals surface area contributed by atoms with E-state index in [1.54, 1.807) is 0 Å². The number of aryl methyl sites for hydroxylation is 1. The van der Waals surface area contributed by atoms with E-state index in [-0.39, 0.29) is 0 Å². The van der Waals surface area contributed by atoms with Crippen molar-refractivity contribution in [3.8, 4) is 0 Å². The second-order valence-corrected chi connectivity index (χ2v) is 6.05. The largest absolute Gasteiger partial charge is 0.386 e. The summed E-state index contributed by atoms with van der Waals surface area (Å²) >= 11 is 3.52. The molecule has 3 rings (SSSR count). The van der Waals surface area contributed by atoms with Gasteiger partial charge in [0.2, 0.25) is 0 Å². The highest BCUT2D eigenvalue weighted by Gasteiger charge is 2.13. The number of rotatable bonds is 3. The maximum absolute atomic E-state index is 10.5. The third kappa shape index (κ3) is 2.99. The maximum Gasteiger partial charge on any atom is 0.100 e. The van der Waals surface area contributed by atoms with Gasteiger partial charge < -0.3 is 5.11 Å². The second kappa shape index (κ2) is 5.96. The van der Waals surface area contributed by atoms with Crippen LogP contribution >= 0.6 is 15.9 Å². The molecule has 1 unspecified atom stereocenters. The summed E-state index contributed by atoms with van der Waals surface area (Å²) in [5.74, 6) is 0. The van der Waals surface area contributed by atoms with Gasteiger partial charge in [0.25, 0.3) is 0 Å². The van der Waals surface area contributed by atoms with Crippen LogP contribution in [0.15, 0.2) is 59.1 Å². The number of benzene rings is 2. The van der Waals surface area contributed by atoms with Crippen LogP contribution in [0.1, 0.15) is 22.9 Å². The summed E-state index contributed by atoms with van der Waals surface area (Å²) in [7, 11) is 0. The van der Waals surface area contributed by atoms with Crippen LogP contribution in [0.2, 0.25) is 0 Å². The summed E-state index contributed by atoms with van der Waals surface area (Å²) in [5, 5.41) is 11.6. The van der Waals surface area contributed by atoms with E-state index < -0.39 is 6.10 Å². The van der Waals surface area contributed by atoms with Crippen molar-refractivity contribution in [2.24, 2.45) is 0 Å². The van der Waals surface area contributed by atoms with Crippen molar-refractivity contribution in [1.29, 1.82) is 0 Å². The number of para-hydroxylation sites is 1. The van der Waals surface area contributed by atoms with Crippen molar-refractivity contribution in [3.63, 3.8) is 0 Å². The standard InChI is InChI=1S/C18H16BrNO/c1-12-10-17(20-16-9-5-3-7-14(12)16)18(21)11-13-6-2-4-8-15(13)19/h2-10,18,21H,11H2,1H3. The number of aliphatic hydroxyl groups excluding tert-OH is 1. The van der Waals surface area contributed by atoms with Crippen LogP contribution in [0.25, 0.3) is 10.9 Å². The van der Waals surface area contributed by atoms with E-state index in [0.717, 1.165) is 32.2 Å². The van der Waals surface area contributed by atoms with E-state index in [0.29, 0.717) is 6.42 Å². The summed E-state index contributed by atoms with van der Waals surface area (Å²) in [6, 6.07) is 17.9. The number of aromatic nitrogens is 1. The lowest BCUT2D eigenvalue weighted by Crippen LogP contribution is -2.05. The Balaban J connectivity index is 1.95. The van der Waals surface area contributed by atoms with Crippen LogP contribution < -0.4 is 0 Å². The molecule has 0 radical (unpaired) electrons. The zero-order chi connectivity index (χ0) is 14.8. The third-order valence-corrected chi connectivity index (χ3v) is 4.43. The summed E-state index contributed by atoms with van der Waals surface area (Å²) < 4.78 is 1.02. The maximum atomic E-state index is 10.5. The first-order valence-corrected chi connectivity index (χ1v) is 7.72. The molecule has 21 heavy (non-hydrogen) atoms. The topological polar surface area (TPSA) is 33.1 Å². The molecular formula is C18H16BrNO. The average molecular weight is 342 g/mol. The predicted molar refractivity (Wildman–Crippen MR) is 89.3 cm³/mol. The molecule has 1 aromatic heterocycles. The quantitative estimate of drug-likeness (QED) is 0.756. The molecule has 0 spiro atoms. The van der Waals surface area contributed by atoms with Crippen LogP contribution in [-0.2, 0) is 6.42 Å². The first kappa shape index (κ1) is 14.2. The lowest BCUT2D eigenvalue weighted by molar-refractivity contribution is 0.174. The number of hydrogen-bond donors (Lipinski definition) is 1. The zero-order valence-electron chi connectivity index (χ0n) is 11.8. The summed E-state index contributed by atoms with van der Waals surface area (Å²) in [4.78, 5) is 4.60. The molecule has 2 nitrogen and oxygen atoms in total. The Morgan fingerprint density at radius 2 is 1.81 bits per heavy atom. The van der Waals surface area contributed by atoms with Gasteiger partial charge >= 0.3 is 0 Å². The minimum Gasteiger partial charge on any atom is -0.386 e. The van der Waals surface area contributed by atoms with E-state index in [2.05, 4.69) is 33.9 Å². The Bertz CT molecular complexity index is 785. The lowest BCUT2D eigenvalue weighted by Gasteiger charge is -2.13. The SMILES string of the molecule is Cc1cc(C(O)Cc2ccccc2Br)nc2ccccc12. The molecule has 106 valence electrons. The monoisotopic (exact) mass is 341 g/mol. The highest BCUT2D eigenvalue weighted by Crippen LogP contribution is 2.25. The predicted octanol–water partition coefficient (Wildman–Crippen LogP) is 4.58. The minimum absolute atomic E-state index is 0.548. The highest BCUT2D eigenvalue weighted by atomic mass is 79.9. The molecule has 1 heterocycles. The van der Waals surface area contributed by atoms with Crippen molar-refractivity contribution in [2.45, 2.75) is 19.4 Å². The molecule has 0 saturated heterocycles.